The van der Waals surface area contributed by atoms with Gasteiger partial charge in [0.2, 0.25) is 0 Å². The van der Waals surface area contributed by atoms with Gasteiger partial charge in [-0.15, -0.1) is 0 Å². The average Bonchev–Trinajstić information content (AvgIpc) is 2.81. The van der Waals surface area contributed by atoms with Crippen molar-refractivity contribution in [1.29, 1.82) is 0 Å². The van der Waals surface area contributed by atoms with E-state index in [0.717, 1.165) is 3.89 Å². The zero-order chi connectivity index (χ0) is 15.9. The summed E-state index contributed by atoms with van der Waals surface area (Å²) in [5, 5.41) is 0. The molecule has 1 aromatic heterocycles. The van der Waals surface area contributed by atoms with Gasteiger partial charge >= 0.3 is 142 Å². The molecule has 0 amide bonds. The molecule has 0 bridgehead atoms. The summed E-state index contributed by atoms with van der Waals surface area (Å²) in [6.07, 6.45) is 4.25. The molecule has 0 unspecified atom stereocenters. The number of rotatable bonds is 2. The van der Waals surface area contributed by atoms with Crippen molar-refractivity contribution in [2.75, 3.05) is 0 Å². The third-order valence-corrected chi connectivity index (χ3v) is 4.84. The van der Waals surface area contributed by atoms with Gasteiger partial charge in [0, 0.05) is 0 Å². The molecule has 0 saturated heterocycles. The van der Waals surface area contributed by atoms with E-state index in [9.17, 15) is 0 Å². The van der Waals surface area contributed by atoms with Gasteiger partial charge in [-0.3, -0.25) is 0 Å². The number of aromatic nitrogens is 2. The van der Waals surface area contributed by atoms with Gasteiger partial charge in [-0.25, -0.2) is 0 Å². The fourth-order valence-corrected chi connectivity index (χ4v) is 3.63. The molecule has 0 aliphatic rings. The Balaban J connectivity index is 2.25. The zero-order valence-electron chi connectivity index (χ0n) is 13.3. The van der Waals surface area contributed by atoms with Gasteiger partial charge in [0.1, 0.15) is 0 Å². The van der Waals surface area contributed by atoms with Crippen molar-refractivity contribution in [3.8, 4) is 11.4 Å². The number of nitrogens with zero attached hydrogens (tertiary/aromatic N) is 2. The Morgan fingerprint density at radius 2 is 0.955 bits per heavy atom. The molecule has 0 spiro atoms. The van der Waals surface area contributed by atoms with Crippen LogP contribution in [0.4, 0.5) is 0 Å². The maximum atomic E-state index is 3.47. The summed E-state index contributed by atoms with van der Waals surface area (Å²) in [6.45, 7) is 8.62. The van der Waals surface area contributed by atoms with Crippen LogP contribution in [0, 0.1) is 31.6 Å². The van der Waals surface area contributed by atoms with Crippen LogP contribution in [0.25, 0.3) is 11.4 Å². The molecule has 1 heterocycles. The summed E-state index contributed by atoms with van der Waals surface area (Å²) in [6, 6.07) is 12.8. The molecule has 22 heavy (non-hydrogen) atoms. The molecular weight excluding hydrogens is 363 g/mol. The molecule has 0 N–H and O–H groups in total. The second kappa shape index (κ2) is 5.84. The third-order valence-electron chi connectivity index (χ3n) is 4.09. The van der Waals surface area contributed by atoms with Gasteiger partial charge in [0.25, 0.3) is 0 Å². The Hall–Kier alpha value is -1.69. The van der Waals surface area contributed by atoms with E-state index in [1.807, 2.05) is 0 Å². The Morgan fingerprint density at radius 1 is 0.636 bits per heavy atom. The number of para-hydroxylation sites is 2. The minimum absolute atomic E-state index is 1.07. The molecule has 3 heteroatoms. The molecule has 0 atom stereocenters. The Kier molecular flexibility index (Phi) is 4.04. The van der Waals surface area contributed by atoms with Crippen molar-refractivity contribution in [2.24, 2.45) is 0 Å². The zero-order valence-corrected chi connectivity index (χ0v) is 14.9. The molecule has 0 radical (unpaired) electrons. The van der Waals surface area contributed by atoms with Gasteiger partial charge in [-0.05, 0) is 0 Å². The molecule has 2 aromatic carbocycles. The molecule has 116 valence electrons. The Morgan fingerprint density at radius 3 is 1.27 bits per heavy atom. The van der Waals surface area contributed by atoms with Crippen molar-refractivity contribution in [2.45, 2.75) is 27.7 Å². The number of imidazole rings is 1. The monoisotopic (exact) mass is 382 g/mol. The van der Waals surface area contributed by atoms with Crippen LogP contribution >= 0.6 is 0 Å². The third kappa shape index (κ3) is 2.45. The van der Waals surface area contributed by atoms with E-state index in [4.69, 9.17) is 0 Å². The minimum atomic E-state index is 1.07. The molecule has 3 rings (SSSR count). The van der Waals surface area contributed by atoms with Crippen LogP contribution in [0.3, 0.4) is 0 Å². The first kappa shape index (κ1) is 15.2. The fourth-order valence-electron chi connectivity index (χ4n) is 3.05. The van der Waals surface area contributed by atoms with Crippen molar-refractivity contribution in [1.82, 2.24) is 9.13 Å². The van der Waals surface area contributed by atoms with Crippen LogP contribution in [0.1, 0.15) is 22.3 Å². The Labute approximate surface area is 142 Å². The van der Waals surface area contributed by atoms with Crippen molar-refractivity contribution in [3.63, 3.8) is 0 Å². The summed E-state index contributed by atoms with van der Waals surface area (Å²) in [5.74, 6) is 0. The van der Waals surface area contributed by atoms with Gasteiger partial charge in [-0.2, -0.15) is 0 Å². The fraction of sp³-hybridized carbons (Fsp3) is 0.211. The first-order valence-electron chi connectivity index (χ1n) is 7.39. The van der Waals surface area contributed by atoms with Crippen LogP contribution in [-0.4, -0.2) is 9.13 Å². The number of benzene rings is 2. The van der Waals surface area contributed by atoms with Crippen LogP contribution in [0.15, 0.2) is 48.8 Å². The quantitative estimate of drug-likeness (QED) is 0.574. The SMILES string of the molecule is Cc1cccc(C)c1-n1ccn(-c2c(C)cccc2C)[c]1=[Pd]. The van der Waals surface area contributed by atoms with Gasteiger partial charge < -0.3 is 0 Å². The molecule has 3 aromatic rings. The topological polar surface area (TPSA) is 9.86 Å². The second-order valence-electron chi connectivity index (χ2n) is 5.76. The van der Waals surface area contributed by atoms with Crippen molar-refractivity contribution in [3.05, 3.63) is 74.9 Å². The van der Waals surface area contributed by atoms with E-state index in [2.05, 4.69) is 104 Å². The predicted molar refractivity (Wildman–Crippen MR) is 87.3 cm³/mol. The maximum absolute atomic E-state index is 3.47. The summed E-state index contributed by atoms with van der Waals surface area (Å²) in [4.78, 5) is 0. The van der Waals surface area contributed by atoms with Crippen molar-refractivity contribution < 1.29 is 18.7 Å². The van der Waals surface area contributed by atoms with Crippen LogP contribution in [-0.2, 0) is 18.7 Å². The van der Waals surface area contributed by atoms with Gasteiger partial charge in [0.05, 0.1) is 0 Å². The van der Waals surface area contributed by atoms with Gasteiger partial charge in [0.15, 0.2) is 0 Å². The van der Waals surface area contributed by atoms with Gasteiger partial charge in [-0.1, -0.05) is 0 Å². The number of hydrogen-bond acceptors (Lipinski definition) is 0. The summed E-state index contributed by atoms with van der Waals surface area (Å²) in [7, 11) is 0. The summed E-state index contributed by atoms with van der Waals surface area (Å²) >= 11 is 3.47. The molecule has 0 aliphatic heterocycles. The van der Waals surface area contributed by atoms with E-state index in [-0.39, 0.29) is 0 Å². The number of hydrogen-bond donors (Lipinski definition) is 0. The van der Waals surface area contributed by atoms with E-state index in [1.54, 1.807) is 0 Å². The molecule has 0 fully saturated rings. The van der Waals surface area contributed by atoms with E-state index < -0.39 is 0 Å². The van der Waals surface area contributed by atoms with Crippen molar-refractivity contribution >= 4 is 0 Å². The standard InChI is InChI=1S/C19H20N2.Pd/c1-14-7-5-8-15(2)18(14)20-11-12-21(13-20)19-16(3)9-6-10-17(19)4;/h5-12H,1-4H3;. The Bertz CT molecular complexity index is 788. The average molecular weight is 383 g/mol. The predicted octanol–water partition coefficient (Wildman–Crippen LogP) is 4.58. The molecule has 2 nitrogen and oxygen atoms in total. The number of aryl methyl sites for hydroxylation is 4. The molecule has 0 aliphatic carbocycles. The molecular formula is C19H20N2Pd. The second-order valence-corrected chi connectivity index (χ2v) is 6.46. The molecule has 0 saturated carbocycles. The van der Waals surface area contributed by atoms with E-state index in [0.29, 0.717) is 0 Å². The van der Waals surface area contributed by atoms with Crippen LogP contribution < -0.4 is 0 Å². The van der Waals surface area contributed by atoms with Crippen LogP contribution in [0.5, 0.6) is 0 Å². The summed E-state index contributed by atoms with van der Waals surface area (Å²) in [5.41, 5.74) is 7.59. The normalized spacial score (nSPS) is 11.0. The first-order chi connectivity index (χ1) is 10.5. The first-order valence-corrected chi connectivity index (χ1v) is 8.17. The summed E-state index contributed by atoms with van der Waals surface area (Å²) < 4.78 is 5.51. The van der Waals surface area contributed by atoms with Crippen LogP contribution in [0.2, 0.25) is 0 Å². The van der Waals surface area contributed by atoms with E-state index >= 15 is 0 Å². The van der Waals surface area contributed by atoms with E-state index in [1.165, 1.54) is 33.6 Å².